The van der Waals surface area contributed by atoms with E-state index in [1.54, 1.807) is 0 Å². The first-order valence-electron chi connectivity index (χ1n) is 25.2. The van der Waals surface area contributed by atoms with E-state index in [1.807, 2.05) is 0 Å². The first-order valence-corrected chi connectivity index (χ1v) is 25.2. The van der Waals surface area contributed by atoms with Crippen molar-refractivity contribution in [2.24, 2.45) is 0 Å². The van der Waals surface area contributed by atoms with Crippen LogP contribution in [-0.4, -0.2) is 18.3 Å². The first-order chi connectivity index (χ1) is 35.7. The maximum Gasteiger partial charge on any atom is 0.0554 e. The Morgan fingerprint density at radius 3 is 1.24 bits per heavy atom. The molecule has 8 aromatic carbocycles. The molecule has 0 spiro atoms. The Labute approximate surface area is 419 Å². The summed E-state index contributed by atoms with van der Waals surface area (Å²) in [6.45, 7) is 0. The molecule has 1 unspecified atom stereocenters. The Kier molecular flexibility index (Phi) is 10.1. The number of hydrogen-bond acceptors (Lipinski definition) is 0. The average Bonchev–Trinajstić information content (AvgIpc) is 4.25. The Morgan fingerprint density at radius 1 is 0.347 bits per heavy atom. The van der Waals surface area contributed by atoms with Crippen molar-refractivity contribution in [3.05, 3.63) is 261 Å². The van der Waals surface area contributed by atoms with E-state index in [0.717, 1.165) is 41.8 Å². The minimum atomic E-state index is 0.236. The van der Waals surface area contributed by atoms with E-state index in [-0.39, 0.29) is 6.04 Å². The summed E-state index contributed by atoms with van der Waals surface area (Å²) in [5.41, 5.74) is 20.1. The Morgan fingerprint density at radius 2 is 0.764 bits per heavy atom. The van der Waals surface area contributed by atoms with E-state index < -0.39 is 0 Å². The molecule has 72 heavy (non-hydrogen) atoms. The molecule has 4 nitrogen and oxygen atoms in total. The van der Waals surface area contributed by atoms with E-state index in [0.29, 0.717) is 0 Å². The number of allylic oxidation sites excluding steroid dienone is 8. The van der Waals surface area contributed by atoms with E-state index >= 15 is 0 Å². The summed E-state index contributed by atoms with van der Waals surface area (Å²) in [5.74, 6) is 0. The second kappa shape index (κ2) is 17.4. The molecule has 0 radical (unpaired) electrons. The van der Waals surface area contributed by atoms with Crippen molar-refractivity contribution in [2.75, 3.05) is 0 Å². The van der Waals surface area contributed by atoms with Gasteiger partial charge in [-0.3, -0.25) is 0 Å². The maximum absolute atomic E-state index is 2.48. The molecule has 0 amide bonds. The first kappa shape index (κ1) is 41.8. The fourth-order valence-corrected chi connectivity index (χ4v) is 11.5. The van der Waals surface area contributed by atoms with Crippen molar-refractivity contribution in [2.45, 2.75) is 25.3 Å². The molecule has 0 aliphatic heterocycles. The van der Waals surface area contributed by atoms with Crippen LogP contribution in [0, 0.1) is 0 Å². The number of fused-ring (bicyclic) bond motifs is 4. The van der Waals surface area contributed by atoms with Gasteiger partial charge in [-0.25, -0.2) is 0 Å². The van der Waals surface area contributed by atoms with Gasteiger partial charge in [0.15, 0.2) is 0 Å². The molecule has 1 atom stereocenters. The molecule has 4 aromatic heterocycles. The van der Waals surface area contributed by atoms with Gasteiger partial charge in [0.1, 0.15) is 0 Å². The fourth-order valence-electron chi connectivity index (χ4n) is 11.5. The lowest BCUT2D eigenvalue weighted by atomic mass is 9.89. The monoisotopic (exact) mass is 922 g/mol. The second-order valence-corrected chi connectivity index (χ2v) is 19.3. The zero-order chi connectivity index (χ0) is 47.5. The summed E-state index contributed by atoms with van der Waals surface area (Å²) < 4.78 is 9.56. The van der Waals surface area contributed by atoms with Crippen molar-refractivity contribution < 1.29 is 0 Å². The highest BCUT2D eigenvalue weighted by molar-refractivity contribution is 6.05. The van der Waals surface area contributed by atoms with E-state index in [1.165, 1.54) is 93.8 Å². The lowest BCUT2D eigenvalue weighted by Crippen LogP contribution is -2.05. The molecule has 0 saturated heterocycles. The van der Waals surface area contributed by atoms with Gasteiger partial charge in [-0.15, -0.1) is 0 Å². The predicted octanol–water partition coefficient (Wildman–Crippen LogP) is 18.1. The van der Waals surface area contributed by atoms with Crippen molar-refractivity contribution in [3.63, 3.8) is 0 Å². The third kappa shape index (κ3) is 7.14. The van der Waals surface area contributed by atoms with Crippen LogP contribution in [0.2, 0.25) is 0 Å². The van der Waals surface area contributed by atoms with Crippen molar-refractivity contribution in [3.8, 4) is 67.0 Å². The van der Waals surface area contributed by atoms with Gasteiger partial charge in [-0.2, -0.15) is 0 Å². The number of hydrogen-bond donors (Lipinski definition) is 0. The van der Waals surface area contributed by atoms with Gasteiger partial charge in [0, 0.05) is 91.2 Å². The smallest absolute Gasteiger partial charge is 0.0554 e. The molecule has 14 rings (SSSR count). The number of aromatic nitrogens is 4. The molecule has 12 aromatic rings. The number of para-hydroxylation sites is 6. The molecule has 0 bridgehead atoms. The van der Waals surface area contributed by atoms with Crippen LogP contribution in [0.15, 0.2) is 261 Å². The van der Waals surface area contributed by atoms with Gasteiger partial charge in [-0.05, 0) is 144 Å². The zero-order valence-electron chi connectivity index (χ0n) is 39.8. The van der Waals surface area contributed by atoms with Crippen LogP contribution in [-0.2, 0) is 0 Å². The van der Waals surface area contributed by atoms with Gasteiger partial charge in [0.05, 0.1) is 22.6 Å². The third-order valence-corrected chi connectivity index (χ3v) is 15.0. The Bertz CT molecular complexity index is 4180. The number of nitrogens with zero attached hydrogens (tertiary/aromatic N) is 4. The minimum Gasteiger partial charge on any atom is -0.340 e. The highest BCUT2D eigenvalue weighted by Gasteiger charge is 2.22. The molecule has 0 fully saturated rings. The SMILES string of the molecule is C1=CCC(n2cc(-c3cc(-c4cc(-c5cn(C6=CCCC=C6)c6ccccc56)cc(-c5cn(-c6ccccc6)c6ccccc56)c4)cc(-c4cn(-c5ccccc5)c5ccccc45)c3)c3ccccc32)C=C1. The Hall–Kier alpha value is -9.12. The summed E-state index contributed by atoms with van der Waals surface area (Å²) in [4.78, 5) is 0. The van der Waals surface area contributed by atoms with E-state index in [2.05, 4.69) is 280 Å². The normalized spacial score (nSPS) is 14.6. The van der Waals surface area contributed by atoms with Crippen LogP contribution in [0.3, 0.4) is 0 Å². The predicted molar refractivity (Wildman–Crippen MR) is 303 cm³/mol. The maximum atomic E-state index is 2.48. The van der Waals surface area contributed by atoms with Crippen LogP contribution in [0.25, 0.3) is 116 Å². The molecule has 4 heteroatoms. The van der Waals surface area contributed by atoms with Gasteiger partial charge in [0.2, 0.25) is 0 Å². The molecule has 0 saturated carbocycles. The molecular weight excluding hydrogens is 873 g/mol. The molecule has 4 heterocycles. The van der Waals surface area contributed by atoms with E-state index in [9.17, 15) is 0 Å². The quantitative estimate of drug-likeness (QED) is 0.137. The van der Waals surface area contributed by atoms with Crippen LogP contribution in [0.1, 0.15) is 25.3 Å². The highest BCUT2D eigenvalue weighted by Crippen LogP contribution is 2.45. The van der Waals surface area contributed by atoms with Gasteiger partial charge >= 0.3 is 0 Å². The van der Waals surface area contributed by atoms with E-state index in [4.69, 9.17) is 0 Å². The summed E-state index contributed by atoms with van der Waals surface area (Å²) in [5, 5.41) is 4.91. The minimum absolute atomic E-state index is 0.236. The van der Waals surface area contributed by atoms with Crippen molar-refractivity contribution >= 4 is 49.3 Å². The lowest BCUT2D eigenvalue weighted by Gasteiger charge is -2.16. The number of rotatable bonds is 9. The van der Waals surface area contributed by atoms with Crippen molar-refractivity contribution in [1.82, 2.24) is 18.3 Å². The summed E-state index contributed by atoms with van der Waals surface area (Å²) in [6.07, 6.45) is 28.4. The third-order valence-electron chi connectivity index (χ3n) is 15.0. The van der Waals surface area contributed by atoms with Gasteiger partial charge in [0.25, 0.3) is 0 Å². The zero-order valence-corrected chi connectivity index (χ0v) is 39.8. The fraction of sp³-hybridized carbons (Fsp3) is 0.0588. The summed E-state index contributed by atoms with van der Waals surface area (Å²) >= 11 is 0. The largest absolute Gasteiger partial charge is 0.340 e. The molecule has 2 aliphatic rings. The average molecular weight is 923 g/mol. The molecule has 0 N–H and O–H groups in total. The van der Waals surface area contributed by atoms with Crippen LogP contribution in [0.4, 0.5) is 0 Å². The molecular formula is C68H50N4. The van der Waals surface area contributed by atoms with Crippen LogP contribution >= 0.6 is 0 Å². The topological polar surface area (TPSA) is 19.7 Å². The summed E-state index contributed by atoms with van der Waals surface area (Å²) in [7, 11) is 0. The molecule has 2 aliphatic carbocycles. The second-order valence-electron chi connectivity index (χ2n) is 19.3. The highest BCUT2D eigenvalue weighted by atomic mass is 15.0. The van der Waals surface area contributed by atoms with Crippen LogP contribution in [0.5, 0.6) is 0 Å². The van der Waals surface area contributed by atoms with Gasteiger partial charge < -0.3 is 18.3 Å². The van der Waals surface area contributed by atoms with Crippen molar-refractivity contribution in [1.29, 1.82) is 0 Å². The summed E-state index contributed by atoms with van der Waals surface area (Å²) in [6, 6.07) is 71.8. The van der Waals surface area contributed by atoms with Crippen LogP contribution < -0.4 is 0 Å². The molecule has 342 valence electrons. The lowest BCUT2D eigenvalue weighted by molar-refractivity contribution is 0.630. The Balaban J connectivity index is 1.05. The van der Waals surface area contributed by atoms with Gasteiger partial charge in [-0.1, -0.05) is 146 Å². The number of benzene rings is 8. The standard InChI is InChI=1S/C68H50N4/c1-5-21-53(22-6-1)69-43-61(57-29-13-17-33-65(57)69)49-37-47(38-50(41-49)62-44-70(54-23-7-2-8-24-54)66-34-18-14-30-58(62)66)48-39-51(63-45-71(55-25-9-3-10-26-55)67-35-19-15-31-59(63)67)42-52(40-48)64-46-72(56-27-11-4-12-28-56)68-36-20-16-32-60(64)68/h1-3,5-11,13-23,25-46,54H,4,12,24H2.